The van der Waals surface area contributed by atoms with Crippen LogP contribution < -0.4 is 4.74 Å². The Hall–Kier alpha value is -2.03. The Kier molecular flexibility index (Phi) is 2.54. The molecule has 0 unspecified atom stereocenters. The molecule has 0 atom stereocenters. The average molecular weight is 201 g/mol. The summed E-state index contributed by atoms with van der Waals surface area (Å²) in [5.41, 5.74) is 1.18. The third-order valence-corrected chi connectivity index (χ3v) is 1.96. The number of hydrogen-bond donors (Lipinski definition) is 1. The molecule has 76 valence electrons. The molecule has 15 heavy (non-hydrogen) atoms. The number of aryl methyl sites for hydroxylation is 1. The van der Waals surface area contributed by atoms with Crippen LogP contribution in [0, 0.1) is 6.92 Å². The van der Waals surface area contributed by atoms with E-state index in [0.29, 0.717) is 5.88 Å². The third-order valence-electron chi connectivity index (χ3n) is 1.96. The fraction of sp³-hybridized carbons (Fsp3) is 0.0833. The lowest BCUT2D eigenvalue weighted by atomic mass is 10.2. The van der Waals surface area contributed by atoms with Crippen molar-refractivity contribution in [2.24, 2.45) is 0 Å². The molecule has 0 saturated carbocycles. The van der Waals surface area contributed by atoms with Gasteiger partial charge in [-0.25, -0.2) is 4.98 Å². The molecule has 1 aromatic carbocycles. The Labute approximate surface area is 88.0 Å². The number of rotatable bonds is 2. The van der Waals surface area contributed by atoms with Crippen LogP contribution in [0.4, 0.5) is 0 Å². The summed E-state index contributed by atoms with van der Waals surface area (Å²) in [4.78, 5) is 3.92. The van der Waals surface area contributed by atoms with Crippen LogP contribution in [0.3, 0.4) is 0 Å². The first-order chi connectivity index (χ1) is 7.24. The van der Waals surface area contributed by atoms with Gasteiger partial charge in [0.2, 0.25) is 5.88 Å². The van der Waals surface area contributed by atoms with Crippen molar-refractivity contribution >= 4 is 0 Å². The van der Waals surface area contributed by atoms with Crippen LogP contribution in [-0.2, 0) is 0 Å². The Morgan fingerprint density at radius 2 is 1.80 bits per heavy atom. The number of aromatic nitrogens is 1. The highest BCUT2D eigenvalue weighted by molar-refractivity contribution is 5.30. The maximum Gasteiger partial charge on any atom is 0.219 e. The topological polar surface area (TPSA) is 42.4 Å². The fourth-order valence-electron chi connectivity index (χ4n) is 1.16. The predicted octanol–water partition coefficient (Wildman–Crippen LogP) is 2.89. The van der Waals surface area contributed by atoms with Gasteiger partial charge in [-0.1, -0.05) is 17.7 Å². The monoisotopic (exact) mass is 201 g/mol. The molecule has 2 rings (SSSR count). The van der Waals surface area contributed by atoms with Gasteiger partial charge in [0.05, 0.1) is 6.20 Å². The predicted molar refractivity (Wildman–Crippen MR) is 57.2 cm³/mol. The molecule has 0 radical (unpaired) electrons. The van der Waals surface area contributed by atoms with Crippen molar-refractivity contribution in [3.8, 4) is 17.4 Å². The highest BCUT2D eigenvalue weighted by Gasteiger charge is 1.97. The average Bonchev–Trinajstić information content (AvgIpc) is 2.25. The van der Waals surface area contributed by atoms with E-state index < -0.39 is 0 Å². The van der Waals surface area contributed by atoms with Gasteiger partial charge in [0, 0.05) is 6.07 Å². The van der Waals surface area contributed by atoms with Crippen LogP contribution in [0.1, 0.15) is 5.56 Å². The van der Waals surface area contributed by atoms with Gasteiger partial charge < -0.3 is 9.84 Å². The van der Waals surface area contributed by atoms with Gasteiger partial charge in [0.1, 0.15) is 11.5 Å². The van der Waals surface area contributed by atoms with Crippen LogP contribution in [-0.4, -0.2) is 10.1 Å². The van der Waals surface area contributed by atoms with Crippen LogP contribution >= 0.6 is 0 Å². The molecular formula is C12H11NO2. The minimum atomic E-state index is 0.131. The minimum Gasteiger partial charge on any atom is -0.506 e. The maximum atomic E-state index is 9.04. The van der Waals surface area contributed by atoms with E-state index in [-0.39, 0.29) is 5.75 Å². The van der Waals surface area contributed by atoms with E-state index >= 15 is 0 Å². The van der Waals surface area contributed by atoms with E-state index in [1.54, 1.807) is 6.07 Å². The summed E-state index contributed by atoms with van der Waals surface area (Å²) in [5, 5.41) is 9.04. The molecule has 0 bridgehead atoms. The second-order valence-corrected chi connectivity index (χ2v) is 3.27. The summed E-state index contributed by atoms with van der Waals surface area (Å²) in [6.45, 7) is 2.02. The van der Waals surface area contributed by atoms with Crippen molar-refractivity contribution in [1.82, 2.24) is 4.98 Å². The van der Waals surface area contributed by atoms with E-state index in [2.05, 4.69) is 4.98 Å². The SMILES string of the molecule is Cc1ccc(Oc2ccc(O)cn2)cc1. The zero-order valence-corrected chi connectivity index (χ0v) is 8.34. The minimum absolute atomic E-state index is 0.131. The lowest BCUT2D eigenvalue weighted by molar-refractivity contribution is 0.447. The molecule has 3 nitrogen and oxygen atoms in total. The number of pyridine rings is 1. The van der Waals surface area contributed by atoms with Crippen molar-refractivity contribution in [2.75, 3.05) is 0 Å². The van der Waals surface area contributed by atoms with Gasteiger partial charge in [0.15, 0.2) is 0 Å². The summed E-state index contributed by atoms with van der Waals surface area (Å²) in [6.07, 6.45) is 1.35. The molecule has 0 saturated heterocycles. The van der Waals surface area contributed by atoms with Gasteiger partial charge >= 0.3 is 0 Å². The molecule has 0 spiro atoms. The largest absolute Gasteiger partial charge is 0.506 e. The molecule has 0 aliphatic heterocycles. The van der Waals surface area contributed by atoms with E-state index in [0.717, 1.165) is 5.75 Å². The highest BCUT2D eigenvalue weighted by atomic mass is 16.5. The smallest absolute Gasteiger partial charge is 0.219 e. The zero-order valence-electron chi connectivity index (χ0n) is 8.34. The van der Waals surface area contributed by atoms with Crippen LogP contribution in [0.5, 0.6) is 17.4 Å². The summed E-state index contributed by atoms with van der Waals surface area (Å²) < 4.78 is 5.47. The number of ether oxygens (including phenoxy) is 1. The molecule has 0 aliphatic carbocycles. The normalized spacial score (nSPS) is 9.93. The molecule has 1 heterocycles. The fourth-order valence-corrected chi connectivity index (χ4v) is 1.16. The molecule has 2 aromatic rings. The third kappa shape index (κ3) is 2.47. The highest BCUT2D eigenvalue weighted by Crippen LogP contribution is 2.20. The van der Waals surface area contributed by atoms with Crippen molar-refractivity contribution in [3.05, 3.63) is 48.2 Å². The molecule has 0 amide bonds. The Bertz CT molecular complexity index is 391. The second kappa shape index (κ2) is 4.00. The van der Waals surface area contributed by atoms with E-state index in [9.17, 15) is 0 Å². The van der Waals surface area contributed by atoms with Crippen molar-refractivity contribution < 1.29 is 9.84 Å². The lowest BCUT2D eigenvalue weighted by Gasteiger charge is -2.04. The Morgan fingerprint density at radius 1 is 1.07 bits per heavy atom. The van der Waals surface area contributed by atoms with Crippen molar-refractivity contribution in [3.63, 3.8) is 0 Å². The van der Waals surface area contributed by atoms with E-state index in [4.69, 9.17) is 9.84 Å². The number of hydrogen-bond acceptors (Lipinski definition) is 3. The molecular weight excluding hydrogens is 190 g/mol. The lowest BCUT2D eigenvalue weighted by Crippen LogP contribution is -1.86. The van der Waals surface area contributed by atoms with Gasteiger partial charge in [0.25, 0.3) is 0 Å². The standard InChI is InChI=1S/C12H11NO2/c1-9-2-5-11(6-3-9)15-12-7-4-10(14)8-13-12/h2-8,14H,1H3. The first-order valence-corrected chi connectivity index (χ1v) is 4.63. The molecule has 3 heteroatoms. The summed E-state index contributed by atoms with van der Waals surface area (Å²) in [7, 11) is 0. The Balaban J connectivity index is 2.15. The number of aromatic hydroxyl groups is 1. The van der Waals surface area contributed by atoms with Crippen molar-refractivity contribution in [1.29, 1.82) is 0 Å². The van der Waals surface area contributed by atoms with E-state index in [1.807, 2.05) is 31.2 Å². The van der Waals surface area contributed by atoms with Crippen LogP contribution in [0.15, 0.2) is 42.6 Å². The number of nitrogens with zero attached hydrogens (tertiary/aromatic N) is 1. The van der Waals surface area contributed by atoms with Crippen LogP contribution in [0.25, 0.3) is 0 Å². The van der Waals surface area contributed by atoms with E-state index in [1.165, 1.54) is 17.8 Å². The molecule has 0 aliphatic rings. The first kappa shape index (κ1) is 9.52. The van der Waals surface area contributed by atoms with Gasteiger partial charge in [-0.3, -0.25) is 0 Å². The Morgan fingerprint density at radius 3 is 2.40 bits per heavy atom. The summed E-state index contributed by atoms with van der Waals surface area (Å²) in [5.74, 6) is 1.33. The van der Waals surface area contributed by atoms with Gasteiger partial charge in [-0.15, -0.1) is 0 Å². The number of benzene rings is 1. The maximum absolute atomic E-state index is 9.04. The van der Waals surface area contributed by atoms with Crippen LogP contribution in [0.2, 0.25) is 0 Å². The molecule has 1 N–H and O–H groups in total. The second-order valence-electron chi connectivity index (χ2n) is 3.27. The van der Waals surface area contributed by atoms with Gasteiger partial charge in [-0.05, 0) is 25.1 Å². The van der Waals surface area contributed by atoms with Gasteiger partial charge in [-0.2, -0.15) is 0 Å². The first-order valence-electron chi connectivity index (χ1n) is 4.63. The quantitative estimate of drug-likeness (QED) is 0.812. The summed E-state index contributed by atoms with van der Waals surface area (Å²) >= 11 is 0. The van der Waals surface area contributed by atoms with Crippen molar-refractivity contribution in [2.45, 2.75) is 6.92 Å². The molecule has 0 fully saturated rings. The summed E-state index contributed by atoms with van der Waals surface area (Å²) in [6, 6.07) is 10.9. The zero-order chi connectivity index (χ0) is 10.7. The molecule has 1 aromatic heterocycles.